The van der Waals surface area contributed by atoms with Crippen molar-refractivity contribution in [3.63, 3.8) is 0 Å². The summed E-state index contributed by atoms with van der Waals surface area (Å²) < 4.78 is 7.22. The third kappa shape index (κ3) is 2.48. The topological polar surface area (TPSA) is 72.8 Å². The normalized spacial score (nSPS) is 11.0. The molecule has 2 heterocycles. The first kappa shape index (κ1) is 14.0. The number of ether oxygens (including phenoxy) is 1. The zero-order valence-corrected chi connectivity index (χ0v) is 12.8. The second-order valence-corrected chi connectivity index (χ2v) is 5.07. The van der Waals surface area contributed by atoms with Gasteiger partial charge in [0.1, 0.15) is 10.3 Å². The van der Waals surface area contributed by atoms with Crippen LogP contribution in [0, 0.1) is 13.8 Å². The van der Waals surface area contributed by atoms with Gasteiger partial charge in [-0.05, 0) is 29.8 Å². The summed E-state index contributed by atoms with van der Waals surface area (Å²) in [6, 6.07) is 0. The number of halogens is 1. The predicted octanol–water partition coefficient (Wildman–Crippen LogP) is 1.70. The lowest BCUT2D eigenvalue weighted by atomic mass is 10.2. The molecule has 102 valence electrons. The number of aromatic nitrogens is 4. The lowest BCUT2D eigenvalue weighted by molar-refractivity contribution is 0.180. The average Bonchev–Trinajstić information content (AvgIpc) is 2.59. The number of aromatic amines is 1. The van der Waals surface area contributed by atoms with Gasteiger partial charge in [-0.15, -0.1) is 0 Å². The van der Waals surface area contributed by atoms with Gasteiger partial charge in [0.15, 0.2) is 0 Å². The molecule has 0 saturated heterocycles. The third-order valence-corrected chi connectivity index (χ3v) is 3.78. The maximum atomic E-state index is 11.9. The Hall–Kier alpha value is -1.47. The van der Waals surface area contributed by atoms with Gasteiger partial charge >= 0.3 is 0 Å². The standard InChI is InChI=1S/C12H15BrN4O2/c1-6-9(7(2)17(3)16-6)11-14-8(5-19-4)10(13)12(18)15-11/h5H2,1-4H3,(H,14,15,18). The molecule has 0 aliphatic carbocycles. The van der Waals surface area contributed by atoms with Crippen LogP contribution in [-0.4, -0.2) is 26.9 Å². The molecule has 0 amide bonds. The Morgan fingerprint density at radius 1 is 1.42 bits per heavy atom. The van der Waals surface area contributed by atoms with Crippen LogP contribution < -0.4 is 5.56 Å². The number of nitrogens with one attached hydrogen (secondary N) is 1. The zero-order valence-electron chi connectivity index (χ0n) is 11.2. The number of H-pyrrole nitrogens is 1. The smallest absolute Gasteiger partial charge is 0.265 e. The Labute approximate surface area is 119 Å². The van der Waals surface area contributed by atoms with E-state index in [-0.39, 0.29) is 12.2 Å². The van der Waals surface area contributed by atoms with Crippen molar-refractivity contribution in [2.24, 2.45) is 7.05 Å². The van der Waals surface area contributed by atoms with Crippen molar-refractivity contribution in [1.82, 2.24) is 19.7 Å². The summed E-state index contributed by atoms with van der Waals surface area (Å²) in [5.41, 5.74) is 2.98. The lowest BCUT2D eigenvalue weighted by Crippen LogP contribution is -2.14. The molecule has 0 spiro atoms. The molecule has 0 fully saturated rings. The quantitative estimate of drug-likeness (QED) is 0.931. The Morgan fingerprint density at radius 3 is 2.63 bits per heavy atom. The summed E-state index contributed by atoms with van der Waals surface area (Å²) >= 11 is 3.22. The Balaban J connectivity index is 2.66. The highest BCUT2D eigenvalue weighted by Gasteiger charge is 2.16. The highest BCUT2D eigenvalue weighted by Crippen LogP contribution is 2.23. The van der Waals surface area contributed by atoms with Crippen molar-refractivity contribution in [3.05, 3.63) is 31.9 Å². The van der Waals surface area contributed by atoms with E-state index >= 15 is 0 Å². The van der Waals surface area contributed by atoms with E-state index in [1.54, 1.807) is 11.8 Å². The van der Waals surface area contributed by atoms with E-state index in [2.05, 4.69) is 31.0 Å². The van der Waals surface area contributed by atoms with Gasteiger partial charge in [0.05, 0.1) is 23.6 Å². The Bertz CT molecular complexity index is 675. The first-order chi connectivity index (χ1) is 8.95. The van der Waals surface area contributed by atoms with E-state index in [0.717, 1.165) is 17.0 Å². The largest absolute Gasteiger partial charge is 0.378 e. The van der Waals surface area contributed by atoms with Gasteiger partial charge in [-0.3, -0.25) is 9.48 Å². The van der Waals surface area contributed by atoms with Gasteiger partial charge in [-0.1, -0.05) is 0 Å². The molecular weight excluding hydrogens is 312 g/mol. The fraction of sp³-hybridized carbons (Fsp3) is 0.417. The molecule has 19 heavy (non-hydrogen) atoms. The fourth-order valence-corrected chi connectivity index (χ4v) is 2.27. The van der Waals surface area contributed by atoms with E-state index < -0.39 is 0 Å². The molecule has 0 atom stereocenters. The maximum absolute atomic E-state index is 11.9. The molecule has 0 aromatic carbocycles. The number of methoxy groups -OCH3 is 1. The predicted molar refractivity (Wildman–Crippen MR) is 74.9 cm³/mol. The molecule has 6 nitrogen and oxygen atoms in total. The molecule has 0 bridgehead atoms. The van der Waals surface area contributed by atoms with Crippen molar-refractivity contribution in [2.45, 2.75) is 20.5 Å². The van der Waals surface area contributed by atoms with Crippen LogP contribution in [-0.2, 0) is 18.4 Å². The summed E-state index contributed by atoms with van der Waals surface area (Å²) in [6.07, 6.45) is 0. The minimum absolute atomic E-state index is 0.222. The summed E-state index contributed by atoms with van der Waals surface area (Å²) in [7, 11) is 3.43. The highest BCUT2D eigenvalue weighted by atomic mass is 79.9. The first-order valence-corrected chi connectivity index (χ1v) is 6.53. The molecule has 0 saturated carbocycles. The minimum Gasteiger partial charge on any atom is -0.378 e. The lowest BCUT2D eigenvalue weighted by Gasteiger charge is -2.06. The molecule has 0 aliphatic heterocycles. The van der Waals surface area contributed by atoms with Crippen LogP contribution in [0.1, 0.15) is 17.1 Å². The van der Waals surface area contributed by atoms with Crippen molar-refractivity contribution < 1.29 is 4.74 Å². The van der Waals surface area contributed by atoms with Crippen molar-refractivity contribution >= 4 is 15.9 Å². The van der Waals surface area contributed by atoms with Crippen molar-refractivity contribution in [2.75, 3.05) is 7.11 Å². The number of nitrogens with zero attached hydrogens (tertiary/aromatic N) is 3. The first-order valence-electron chi connectivity index (χ1n) is 5.74. The molecule has 0 aliphatic rings. The van der Waals surface area contributed by atoms with Gasteiger partial charge in [0, 0.05) is 19.9 Å². The monoisotopic (exact) mass is 326 g/mol. The van der Waals surface area contributed by atoms with E-state index in [9.17, 15) is 4.79 Å². The zero-order chi connectivity index (χ0) is 14.2. The number of aryl methyl sites for hydroxylation is 2. The maximum Gasteiger partial charge on any atom is 0.265 e. The van der Waals surface area contributed by atoms with E-state index in [1.807, 2.05) is 20.9 Å². The van der Waals surface area contributed by atoms with Crippen LogP contribution in [0.25, 0.3) is 11.4 Å². The van der Waals surface area contributed by atoms with Gasteiger partial charge in [0.25, 0.3) is 5.56 Å². The van der Waals surface area contributed by atoms with Crippen LogP contribution in [0.3, 0.4) is 0 Å². The SMILES string of the molecule is COCc1nc(-c2c(C)nn(C)c2C)[nH]c(=O)c1Br. The van der Waals surface area contributed by atoms with Gasteiger partial charge in [0.2, 0.25) is 0 Å². The second kappa shape index (κ2) is 5.26. The summed E-state index contributed by atoms with van der Waals surface area (Å²) in [5.74, 6) is 0.517. The van der Waals surface area contributed by atoms with Crippen LogP contribution >= 0.6 is 15.9 Å². The summed E-state index contributed by atoms with van der Waals surface area (Å²) in [4.78, 5) is 19.1. The van der Waals surface area contributed by atoms with Crippen LogP contribution in [0.2, 0.25) is 0 Å². The Morgan fingerprint density at radius 2 is 2.11 bits per heavy atom. The van der Waals surface area contributed by atoms with Crippen molar-refractivity contribution in [1.29, 1.82) is 0 Å². The number of hydrogen-bond donors (Lipinski definition) is 1. The molecule has 0 unspecified atom stereocenters. The van der Waals surface area contributed by atoms with E-state index in [4.69, 9.17) is 4.74 Å². The van der Waals surface area contributed by atoms with Gasteiger partial charge < -0.3 is 9.72 Å². The second-order valence-electron chi connectivity index (χ2n) is 4.28. The fourth-order valence-electron chi connectivity index (χ4n) is 1.97. The Kier molecular flexibility index (Phi) is 3.86. The van der Waals surface area contributed by atoms with E-state index in [1.165, 1.54) is 0 Å². The molecule has 0 radical (unpaired) electrons. The van der Waals surface area contributed by atoms with Crippen LogP contribution in [0.15, 0.2) is 9.27 Å². The molecular formula is C12H15BrN4O2. The highest BCUT2D eigenvalue weighted by molar-refractivity contribution is 9.10. The average molecular weight is 327 g/mol. The van der Waals surface area contributed by atoms with Gasteiger partial charge in [-0.25, -0.2) is 4.98 Å². The molecule has 2 aromatic heterocycles. The molecule has 2 aromatic rings. The summed E-state index contributed by atoms with van der Waals surface area (Å²) in [6.45, 7) is 4.10. The number of hydrogen-bond acceptors (Lipinski definition) is 4. The van der Waals surface area contributed by atoms with Crippen LogP contribution in [0.4, 0.5) is 0 Å². The molecule has 7 heteroatoms. The minimum atomic E-state index is -0.222. The van der Waals surface area contributed by atoms with E-state index in [0.29, 0.717) is 16.0 Å². The molecule has 1 N–H and O–H groups in total. The van der Waals surface area contributed by atoms with Crippen LogP contribution in [0.5, 0.6) is 0 Å². The summed E-state index contributed by atoms with van der Waals surface area (Å²) in [5, 5.41) is 4.33. The number of rotatable bonds is 3. The van der Waals surface area contributed by atoms with Gasteiger partial charge in [-0.2, -0.15) is 5.10 Å². The van der Waals surface area contributed by atoms with Crippen molar-refractivity contribution in [3.8, 4) is 11.4 Å². The third-order valence-electron chi connectivity index (χ3n) is 2.96. The molecule has 2 rings (SSSR count).